The first-order valence-corrected chi connectivity index (χ1v) is 11.7. The molecule has 0 N–H and O–H groups in total. The van der Waals surface area contributed by atoms with E-state index < -0.39 is 4.92 Å². The Morgan fingerprint density at radius 1 is 1.30 bits per heavy atom. The van der Waals surface area contributed by atoms with Crippen LogP contribution in [0.1, 0.15) is 30.9 Å². The minimum absolute atomic E-state index is 0.0159. The Labute approximate surface area is 181 Å². The molecule has 0 saturated heterocycles. The predicted molar refractivity (Wildman–Crippen MR) is 116 cm³/mol. The van der Waals surface area contributed by atoms with Gasteiger partial charge in [0.15, 0.2) is 11.0 Å². The van der Waals surface area contributed by atoms with Crippen molar-refractivity contribution in [1.29, 1.82) is 0 Å². The van der Waals surface area contributed by atoms with E-state index in [1.54, 1.807) is 28.4 Å². The lowest BCUT2D eigenvalue weighted by Gasteiger charge is -2.29. The molecule has 5 rings (SSSR count). The molecule has 0 atom stereocenters. The number of hydrogen-bond donors (Lipinski definition) is 0. The number of nitro groups is 1. The third kappa shape index (κ3) is 3.61. The van der Waals surface area contributed by atoms with Crippen LogP contribution in [0.3, 0.4) is 0 Å². The SMILES string of the molecule is O=C(CSc1nnc(-c2cccs2)n1C1CC1)N1CCCc2cc([N+](=O)[O-])ccc21. The largest absolute Gasteiger partial charge is 0.311 e. The molecule has 1 saturated carbocycles. The zero-order valence-corrected chi connectivity index (χ0v) is 17.7. The summed E-state index contributed by atoms with van der Waals surface area (Å²) < 4.78 is 2.16. The molecular weight excluding hydrogens is 422 g/mol. The highest BCUT2D eigenvalue weighted by molar-refractivity contribution is 7.99. The van der Waals surface area contributed by atoms with Crippen LogP contribution < -0.4 is 4.90 Å². The molecule has 1 aromatic carbocycles. The van der Waals surface area contributed by atoms with E-state index >= 15 is 0 Å². The van der Waals surface area contributed by atoms with Crippen molar-refractivity contribution < 1.29 is 9.72 Å². The number of rotatable bonds is 6. The highest BCUT2D eigenvalue weighted by Gasteiger charge is 2.31. The molecule has 3 heterocycles. The number of amides is 1. The smallest absolute Gasteiger partial charge is 0.269 e. The summed E-state index contributed by atoms with van der Waals surface area (Å²) in [5.41, 5.74) is 1.70. The van der Waals surface area contributed by atoms with E-state index in [4.69, 9.17) is 0 Å². The number of carbonyl (C=O) groups is 1. The van der Waals surface area contributed by atoms with Gasteiger partial charge in [-0.25, -0.2) is 0 Å². The van der Waals surface area contributed by atoms with Gasteiger partial charge >= 0.3 is 0 Å². The lowest BCUT2D eigenvalue weighted by atomic mass is 10.0. The van der Waals surface area contributed by atoms with Gasteiger partial charge in [-0.05, 0) is 48.8 Å². The van der Waals surface area contributed by atoms with Crippen LogP contribution in [0.25, 0.3) is 10.7 Å². The fourth-order valence-corrected chi connectivity index (χ4v) is 5.36. The lowest BCUT2D eigenvalue weighted by Crippen LogP contribution is -2.36. The number of benzene rings is 1. The summed E-state index contributed by atoms with van der Waals surface area (Å²) in [5, 5.41) is 22.6. The minimum atomic E-state index is -0.396. The van der Waals surface area contributed by atoms with Crippen molar-refractivity contribution in [3.05, 3.63) is 51.4 Å². The van der Waals surface area contributed by atoms with E-state index in [9.17, 15) is 14.9 Å². The molecule has 30 heavy (non-hydrogen) atoms. The molecule has 2 aromatic heterocycles. The van der Waals surface area contributed by atoms with E-state index in [2.05, 4.69) is 14.8 Å². The maximum atomic E-state index is 13.0. The van der Waals surface area contributed by atoms with Crippen molar-refractivity contribution in [2.45, 2.75) is 36.9 Å². The number of nitro benzene ring substituents is 1. The number of hydrogen-bond acceptors (Lipinski definition) is 7. The average Bonchev–Trinajstić information content (AvgIpc) is 3.27. The second-order valence-electron chi connectivity index (χ2n) is 7.39. The van der Waals surface area contributed by atoms with Crippen LogP contribution in [0.15, 0.2) is 40.9 Å². The van der Waals surface area contributed by atoms with Gasteiger partial charge in [-0.3, -0.25) is 19.5 Å². The molecule has 10 heteroatoms. The van der Waals surface area contributed by atoms with Crippen LogP contribution in [0.2, 0.25) is 0 Å². The summed E-state index contributed by atoms with van der Waals surface area (Å²) in [6, 6.07) is 9.19. The third-order valence-electron chi connectivity index (χ3n) is 5.34. The van der Waals surface area contributed by atoms with E-state index in [0.717, 1.165) is 52.8 Å². The van der Waals surface area contributed by atoms with Gasteiger partial charge in [0.1, 0.15) is 0 Å². The number of nitrogens with zero attached hydrogens (tertiary/aromatic N) is 5. The number of thioether (sulfide) groups is 1. The van der Waals surface area contributed by atoms with Crippen molar-refractivity contribution in [3.63, 3.8) is 0 Å². The minimum Gasteiger partial charge on any atom is -0.311 e. The fraction of sp³-hybridized carbons (Fsp3) is 0.350. The molecule has 1 fully saturated rings. The number of aromatic nitrogens is 3. The van der Waals surface area contributed by atoms with E-state index in [0.29, 0.717) is 12.6 Å². The molecule has 0 unspecified atom stereocenters. The van der Waals surface area contributed by atoms with Gasteiger partial charge in [-0.2, -0.15) is 0 Å². The molecule has 154 valence electrons. The topological polar surface area (TPSA) is 94.2 Å². The normalized spacial score (nSPS) is 15.8. The van der Waals surface area contributed by atoms with Gasteiger partial charge in [0.2, 0.25) is 5.91 Å². The molecule has 1 aliphatic heterocycles. The number of aryl methyl sites for hydroxylation is 1. The Bertz CT molecular complexity index is 1110. The van der Waals surface area contributed by atoms with Crippen LogP contribution in [0.4, 0.5) is 11.4 Å². The number of anilines is 1. The summed E-state index contributed by atoms with van der Waals surface area (Å²) in [5.74, 6) is 1.11. The molecule has 0 bridgehead atoms. The zero-order valence-electron chi connectivity index (χ0n) is 16.1. The molecule has 1 aliphatic carbocycles. The molecular formula is C20H19N5O3S2. The Balaban J connectivity index is 1.34. The van der Waals surface area contributed by atoms with Crippen LogP contribution >= 0.6 is 23.1 Å². The summed E-state index contributed by atoms with van der Waals surface area (Å²) in [6.07, 6.45) is 3.76. The van der Waals surface area contributed by atoms with Gasteiger partial charge in [0, 0.05) is 30.4 Å². The zero-order chi connectivity index (χ0) is 20.7. The van der Waals surface area contributed by atoms with Crippen LogP contribution in [-0.4, -0.2) is 37.9 Å². The van der Waals surface area contributed by atoms with Crippen molar-refractivity contribution in [1.82, 2.24) is 14.8 Å². The Morgan fingerprint density at radius 2 is 2.17 bits per heavy atom. The number of non-ortho nitro benzene ring substituents is 1. The van der Waals surface area contributed by atoms with Crippen LogP contribution in [-0.2, 0) is 11.2 Å². The number of thiophene rings is 1. The van der Waals surface area contributed by atoms with Crippen molar-refractivity contribution in [3.8, 4) is 10.7 Å². The molecule has 0 radical (unpaired) electrons. The van der Waals surface area contributed by atoms with E-state index in [-0.39, 0.29) is 17.3 Å². The monoisotopic (exact) mass is 441 g/mol. The van der Waals surface area contributed by atoms with E-state index in [1.165, 1.54) is 17.8 Å². The Kier molecular flexibility index (Phi) is 5.03. The highest BCUT2D eigenvalue weighted by atomic mass is 32.2. The number of carbonyl (C=O) groups excluding carboxylic acids is 1. The standard InChI is InChI=1S/C20H19N5O3S2/c26-18(23-9-1-3-13-11-15(25(27)28)7-8-16(13)23)12-30-20-22-21-19(17-4-2-10-29-17)24(20)14-5-6-14/h2,4,7-8,10-11,14H,1,3,5-6,9,12H2. The molecule has 3 aromatic rings. The summed E-state index contributed by atoms with van der Waals surface area (Å²) in [7, 11) is 0. The van der Waals surface area contributed by atoms with Crippen LogP contribution in [0.5, 0.6) is 0 Å². The second kappa shape index (κ2) is 7.84. The van der Waals surface area contributed by atoms with Crippen molar-refractivity contribution in [2.24, 2.45) is 0 Å². The van der Waals surface area contributed by atoms with E-state index in [1.807, 2.05) is 17.5 Å². The van der Waals surface area contributed by atoms with Gasteiger partial charge in [0.05, 0.1) is 15.6 Å². The maximum Gasteiger partial charge on any atom is 0.269 e. The second-order valence-corrected chi connectivity index (χ2v) is 9.28. The quantitative estimate of drug-likeness (QED) is 0.321. The first-order chi connectivity index (χ1) is 14.6. The fourth-order valence-electron chi connectivity index (χ4n) is 3.77. The van der Waals surface area contributed by atoms with Gasteiger partial charge in [-0.1, -0.05) is 17.8 Å². The third-order valence-corrected chi connectivity index (χ3v) is 7.13. The Hall–Kier alpha value is -2.72. The van der Waals surface area contributed by atoms with Gasteiger partial charge in [-0.15, -0.1) is 21.5 Å². The molecule has 1 amide bonds. The Morgan fingerprint density at radius 3 is 2.90 bits per heavy atom. The summed E-state index contributed by atoms with van der Waals surface area (Å²) >= 11 is 3.05. The van der Waals surface area contributed by atoms with Crippen LogP contribution in [0, 0.1) is 10.1 Å². The van der Waals surface area contributed by atoms with Crippen molar-refractivity contribution in [2.75, 3.05) is 17.2 Å². The average molecular weight is 442 g/mol. The lowest BCUT2D eigenvalue weighted by molar-refractivity contribution is -0.384. The molecule has 2 aliphatic rings. The van der Waals surface area contributed by atoms with Crippen molar-refractivity contribution >= 4 is 40.4 Å². The maximum absolute atomic E-state index is 13.0. The predicted octanol–water partition coefficient (Wildman–Crippen LogP) is 4.32. The van der Waals surface area contributed by atoms with Gasteiger partial charge < -0.3 is 4.90 Å². The van der Waals surface area contributed by atoms with Gasteiger partial charge in [0.25, 0.3) is 5.69 Å². The molecule has 0 spiro atoms. The number of fused-ring (bicyclic) bond motifs is 1. The summed E-state index contributed by atoms with van der Waals surface area (Å²) in [6.45, 7) is 0.625. The molecule has 8 nitrogen and oxygen atoms in total. The first-order valence-electron chi connectivity index (χ1n) is 9.81. The first kappa shape index (κ1) is 19.3. The highest BCUT2D eigenvalue weighted by Crippen LogP contribution is 2.42. The summed E-state index contributed by atoms with van der Waals surface area (Å²) in [4.78, 5) is 26.5.